The number of likely N-dealkylation sites (N-methyl/N-ethyl adjacent to an activating group) is 1. The molecule has 0 aliphatic carbocycles. The predicted molar refractivity (Wildman–Crippen MR) is 149 cm³/mol. The van der Waals surface area contributed by atoms with Gasteiger partial charge < -0.3 is 10.2 Å². The predicted octanol–water partition coefficient (Wildman–Crippen LogP) is 4.80. The molecule has 3 aromatic carbocycles. The van der Waals surface area contributed by atoms with Crippen LogP contribution >= 0.6 is 34.8 Å². The summed E-state index contributed by atoms with van der Waals surface area (Å²) < 4.78 is 26.4. The van der Waals surface area contributed by atoms with E-state index in [0.29, 0.717) is 10.6 Å². The molecule has 3 rings (SSSR count). The van der Waals surface area contributed by atoms with E-state index in [1.54, 1.807) is 30.3 Å². The average Bonchev–Trinajstić information content (AvgIpc) is 2.87. The van der Waals surface area contributed by atoms with Crippen LogP contribution in [0.15, 0.2) is 72.8 Å². The number of hydrogen-bond donors (Lipinski definition) is 1. The maximum Gasteiger partial charge on any atom is 0.244 e. The molecule has 0 saturated heterocycles. The fraction of sp³-hybridized carbons (Fsp3) is 0.231. The molecule has 2 amide bonds. The largest absolute Gasteiger partial charge is 0.357 e. The number of nitrogens with zero attached hydrogens (tertiary/aromatic N) is 2. The van der Waals surface area contributed by atoms with Crippen LogP contribution in [0.3, 0.4) is 0 Å². The third kappa shape index (κ3) is 7.61. The molecule has 7 nitrogen and oxygen atoms in total. The summed E-state index contributed by atoms with van der Waals surface area (Å²) in [5.74, 6) is -0.987. The summed E-state index contributed by atoms with van der Waals surface area (Å²) in [5.41, 5.74) is 1.62. The highest BCUT2D eigenvalue weighted by molar-refractivity contribution is 7.92. The fourth-order valence-electron chi connectivity index (χ4n) is 3.79. The van der Waals surface area contributed by atoms with Crippen LogP contribution in [-0.4, -0.2) is 51.0 Å². The van der Waals surface area contributed by atoms with Gasteiger partial charge in [-0.1, -0.05) is 83.3 Å². The number of benzene rings is 3. The molecule has 0 radical (unpaired) electrons. The zero-order valence-electron chi connectivity index (χ0n) is 20.2. The number of halogens is 3. The second-order valence-corrected chi connectivity index (χ2v) is 11.4. The minimum absolute atomic E-state index is 0.00113. The monoisotopic (exact) mass is 581 g/mol. The standard InChI is InChI=1S/C26H26Cl3N3O4S/c1-30-26(34)23(15-18-7-4-3-5-8-18)31(16-19-11-13-20(27)14-12-19)24(33)17-32(37(2,35)36)22-10-6-9-21(28)25(22)29/h3-14,23H,15-17H2,1-2H3,(H,30,34). The molecule has 0 fully saturated rings. The van der Waals surface area contributed by atoms with Crippen molar-refractivity contribution in [1.82, 2.24) is 10.2 Å². The Morgan fingerprint density at radius 2 is 1.54 bits per heavy atom. The Balaban J connectivity index is 2.05. The van der Waals surface area contributed by atoms with Crippen LogP contribution in [0.1, 0.15) is 11.1 Å². The molecule has 1 N–H and O–H groups in total. The molecule has 1 atom stereocenters. The molecular weight excluding hydrogens is 557 g/mol. The summed E-state index contributed by atoms with van der Waals surface area (Å²) in [6, 6.07) is 19.7. The van der Waals surface area contributed by atoms with Crippen molar-refractivity contribution in [2.75, 3.05) is 24.2 Å². The fourth-order valence-corrected chi connectivity index (χ4v) is 5.21. The molecule has 3 aromatic rings. The number of amides is 2. The lowest BCUT2D eigenvalue weighted by Gasteiger charge is -2.33. The number of hydrogen-bond acceptors (Lipinski definition) is 4. The van der Waals surface area contributed by atoms with E-state index >= 15 is 0 Å². The first-order valence-corrected chi connectivity index (χ1v) is 14.2. The lowest BCUT2D eigenvalue weighted by atomic mass is 10.0. The summed E-state index contributed by atoms with van der Waals surface area (Å²) >= 11 is 18.4. The Morgan fingerprint density at radius 3 is 2.14 bits per heavy atom. The number of carbonyl (C=O) groups is 2. The number of sulfonamides is 1. The van der Waals surface area contributed by atoms with Gasteiger partial charge in [-0.2, -0.15) is 0 Å². The van der Waals surface area contributed by atoms with E-state index in [0.717, 1.165) is 16.1 Å². The second kappa shape index (κ2) is 12.6. The van der Waals surface area contributed by atoms with E-state index in [2.05, 4.69) is 5.32 Å². The lowest BCUT2D eigenvalue weighted by molar-refractivity contribution is -0.139. The van der Waals surface area contributed by atoms with Gasteiger partial charge in [0.25, 0.3) is 0 Å². The van der Waals surface area contributed by atoms with Gasteiger partial charge in [-0.05, 0) is 35.4 Å². The highest BCUT2D eigenvalue weighted by Crippen LogP contribution is 2.33. The number of carbonyl (C=O) groups excluding carboxylic acids is 2. The van der Waals surface area contributed by atoms with Crippen LogP contribution in [0.5, 0.6) is 0 Å². The zero-order valence-corrected chi connectivity index (χ0v) is 23.3. The number of anilines is 1. The molecule has 1 unspecified atom stereocenters. The van der Waals surface area contributed by atoms with Crippen molar-refractivity contribution in [2.45, 2.75) is 19.0 Å². The first-order valence-electron chi connectivity index (χ1n) is 11.2. The Labute approximate surface area is 232 Å². The highest BCUT2D eigenvalue weighted by atomic mass is 35.5. The van der Waals surface area contributed by atoms with Gasteiger partial charge in [-0.3, -0.25) is 13.9 Å². The van der Waals surface area contributed by atoms with Gasteiger partial charge in [0.15, 0.2) is 0 Å². The molecule has 196 valence electrons. The molecule has 0 aliphatic rings. The van der Waals surface area contributed by atoms with Crippen LogP contribution in [0.2, 0.25) is 15.1 Å². The van der Waals surface area contributed by atoms with E-state index in [9.17, 15) is 18.0 Å². The molecule has 0 bridgehead atoms. The van der Waals surface area contributed by atoms with Crippen molar-refractivity contribution in [3.8, 4) is 0 Å². The van der Waals surface area contributed by atoms with Gasteiger partial charge in [0.05, 0.1) is 22.0 Å². The maximum absolute atomic E-state index is 13.8. The van der Waals surface area contributed by atoms with E-state index in [1.807, 2.05) is 30.3 Å². The lowest BCUT2D eigenvalue weighted by Crippen LogP contribution is -2.52. The van der Waals surface area contributed by atoms with Crippen molar-refractivity contribution in [3.05, 3.63) is 99.0 Å². The Bertz CT molecular complexity index is 1350. The van der Waals surface area contributed by atoms with Crippen LogP contribution in [0, 0.1) is 0 Å². The van der Waals surface area contributed by atoms with Gasteiger partial charge in [-0.25, -0.2) is 8.42 Å². The minimum atomic E-state index is -3.95. The third-order valence-corrected chi connectivity index (χ3v) is 7.85. The summed E-state index contributed by atoms with van der Waals surface area (Å²) in [6.07, 6.45) is 1.19. The summed E-state index contributed by atoms with van der Waals surface area (Å²) in [5, 5.41) is 3.29. The third-order valence-electron chi connectivity index (χ3n) is 5.66. The first kappa shape index (κ1) is 28.8. The van der Waals surface area contributed by atoms with Crippen molar-refractivity contribution in [2.24, 2.45) is 0 Å². The Morgan fingerprint density at radius 1 is 0.892 bits per heavy atom. The van der Waals surface area contributed by atoms with Crippen LogP contribution < -0.4 is 9.62 Å². The molecule has 0 heterocycles. The van der Waals surface area contributed by atoms with Gasteiger partial charge in [0, 0.05) is 25.0 Å². The molecular formula is C26H26Cl3N3O4S. The smallest absolute Gasteiger partial charge is 0.244 e. The summed E-state index contributed by atoms with van der Waals surface area (Å²) in [6.45, 7) is -0.545. The van der Waals surface area contributed by atoms with Gasteiger partial charge >= 0.3 is 0 Å². The van der Waals surface area contributed by atoms with Crippen LogP contribution in [-0.2, 0) is 32.6 Å². The van der Waals surface area contributed by atoms with Gasteiger partial charge in [0.2, 0.25) is 21.8 Å². The quantitative estimate of drug-likeness (QED) is 0.372. The normalized spacial score (nSPS) is 12.0. The zero-order chi connectivity index (χ0) is 27.2. The molecule has 0 aliphatic heterocycles. The van der Waals surface area contributed by atoms with E-state index in [-0.39, 0.29) is 28.7 Å². The average molecular weight is 583 g/mol. The second-order valence-electron chi connectivity index (χ2n) is 8.31. The van der Waals surface area contributed by atoms with Gasteiger partial charge in [0.1, 0.15) is 12.6 Å². The SMILES string of the molecule is CNC(=O)C(Cc1ccccc1)N(Cc1ccc(Cl)cc1)C(=O)CN(c1cccc(Cl)c1Cl)S(C)(=O)=O. The number of nitrogens with one attached hydrogen (secondary N) is 1. The Hall–Kier alpha value is -2.78. The highest BCUT2D eigenvalue weighted by Gasteiger charge is 2.33. The van der Waals surface area contributed by atoms with Crippen molar-refractivity contribution in [1.29, 1.82) is 0 Å². The van der Waals surface area contributed by atoms with Gasteiger partial charge in [-0.15, -0.1) is 0 Å². The van der Waals surface area contributed by atoms with Crippen molar-refractivity contribution < 1.29 is 18.0 Å². The van der Waals surface area contributed by atoms with Crippen molar-refractivity contribution >= 4 is 62.3 Å². The summed E-state index contributed by atoms with van der Waals surface area (Å²) in [4.78, 5) is 28.3. The topological polar surface area (TPSA) is 86.8 Å². The first-order chi connectivity index (χ1) is 17.5. The van der Waals surface area contributed by atoms with E-state index in [4.69, 9.17) is 34.8 Å². The van der Waals surface area contributed by atoms with Crippen LogP contribution in [0.25, 0.3) is 0 Å². The molecule has 11 heteroatoms. The number of rotatable bonds is 10. The summed E-state index contributed by atoms with van der Waals surface area (Å²) in [7, 11) is -2.46. The van der Waals surface area contributed by atoms with Crippen LogP contribution in [0.4, 0.5) is 5.69 Å². The molecule has 0 aromatic heterocycles. The van der Waals surface area contributed by atoms with E-state index in [1.165, 1.54) is 24.1 Å². The van der Waals surface area contributed by atoms with Crippen molar-refractivity contribution in [3.63, 3.8) is 0 Å². The molecule has 0 spiro atoms. The van der Waals surface area contributed by atoms with E-state index < -0.39 is 34.4 Å². The Kier molecular flexibility index (Phi) is 9.84. The molecule has 0 saturated carbocycles. The minimum Gasteiger partial charge on any atom is -0.357 e. The molecule has 37 heavy (non-hydrogen) atoms. The maximum atomic E-state index is 13.8.